The van der Waals surface area contributed by atoms with E-state index in [1.54, 1.807) is 0 Å². The average Bonchev–Trinajstić information content (AvgIpc) is 1.35. The van der Waals surface area contributed by atoms with Crippen LogP contribution in [0.15, 0.2) is 0 Å². The van der Waals surface area contributed by atoms with E-state index < -0.39 is 7.82 Å². The standard InChI is InChI=1S/H3NO4P/c1-5-6(2,3)4/h1H2,(H,2,3). The van der Waals surface area contributed by atoms with Gasteiger partial charge in [0, 0.05) is 0 Å². The fraction of sp³-hybridized carbons (Fsp3) is 0. The lowest BCUT2D eigenvalue weighted by atomic mass is 13.6. The van der Waals surface area contributed by atoms with E-state index in [-0.39, 0.29) is 0 Å². The van der Waals surface area contributed by atoms with E-state index in [1.165, 1.54) is 0 Å². The SMILES string of the molecule is NOP([O])(=O)O. The highest BCUT2D eigenvalue weighted by Gasteiger charge is 2.12. The van der Waals surface area contributed by atoms with Crippen molar-refractivity contribution in [3.05, 3.63) is 0 Å². The first-order chi connectivity index (χ1) is 2.56. The molecular formula is H3NO4P. The topological polar surface area (TPSA) is 92.5 Å². The van der Waals surface area contributed by atoms with Crippen molar-refractivity contribution in [1.29, 1.82) is 0 Å². The monoisotopic (exact) mass is 112 g/mol. The fourth-order valence-electron chi connectivity index (χ4n) is 0. The molecule has 0 saturated heterocycles. The third kappa shape index (κ3) is 4.07. The first-order valence-electron chi connectivity index (χ1n) is 0.983. The normalized spacial score (nSPS) is 11.8. The third-order valence-electron chi connectivity index (χ3n) is 0.133. The largest absolute Gasteiger partial charge is 0.516 e. The summed E-state index contributed by atoms with van der Waals surface area (Å²) in [6, 6.07) is 0. The highest BCUT2D eigenvalue weighted by molar-refractivity contribution is 7.45. The maximum absolute atomic E-state index is 9.24. The molecule has 0 bridgehead atoms. The molecule has 0 aliphatic carbocycles. The van der Waals surface area contributed by atoms with Crippen LogP contribution in [-0.4, -0.2) is 4.89 Å². The van der Waals surface area contributed by atoms with Gasteiger partial charge in [-0.3, -0.25) is 4.89 Å². The van der Waals surface area contributed by atoms with E-state index in [0.717, 1.165) is 0 Å². The molecule has 1 unspecified atom stereocenters. The third-order valence-corrected chi connectivity index (χ3v) is 0.400. The van der Waals surface area contributed by atoms with Gasteiger partial charge in [-0.1, -0.05) is 0 Å². The summed E-state index contributed by atoms with van der Waals surface area (Å²) in [5, 5.41) is 0. The minimum atomic E-state index is -4.62. The minimum absolute atomic E-state index is 2.99. The Kier molecular flexibility index (Phi) is 1.70. The van der Waals surface area contributed by atoms with Crippen molar-refractivity contribution in [2.24, 2.45) is 5.90 Å². The molecule has 0 aromatic carbocycles. The predicted molar refractivity (Wildman–Crippen MR) is 15.8 cm³/mol. The van der Waals surface area contributed by atoms with Gasteiger partial charge in [0.1, 0.15) is 0 Å². The summed E-state index contributed by atoms with van der Waals surface area (Å²) in [6.45, 7) is 0. The van der Waals surface area contributed by atoms with Gasteiger partial charge >= 0.3 is 7.82 Å². The lowest BCUT2D eigenvalue weighted by Gasteiger charge is -1.89. The zero-order valence-corrected chi connectivity index (χ0v) is 3.59. The highest BCUT2D eigenvalue weighted by atomic mass is 31.2. The number of hydrogen-bond acceptors (Lipinski definition) is 3. The van der Waals surface area contributed by atoms with Crippen molar-refractivity contribution in [2.45, 2.75) is 0 Å². The molecule has 1 atom stereocenters. The molecule has 0 fully saturated rings. The van der Waals surface area contributed by atoms with Gasteiger partial charge in [0.2, 0.25) is 0 Å². The van der Waals surface area contributed by atoms with Crippen molar-refractivity contribution in [3.63, 3.8) is 0 Å². The van der Waals surface area contributed by atoms with Crippen LogP contribution >= 0.6 is 7.82 Å². The number of hydrogen-bond donors (Lipinski definition) is 2. The van der Waals surface area contributed by atoms with Crippen molar-refractivity contribution in [2.75, 3.05) is 0 Å². The molecule has 0 amide bonds. The molecule has 0 heterocycles. The summed E-state index contributed by atoms with van der Waals surface area (Å²) < 4.78 is 12.2. The molecule has 0 saturated carbocycles. The van der Waals surface area contributed by atoms with Gasteiger partial charge < -0.3 is 0 Å². The Morgan fingerprint density at radius 3 is 2.00 bits per heavy atom. The van der Waals surface area contributed by atoms with Gasteiger partial charge in [-0.25, -0.2) is 10.5 Å². The Labute approximate surface area is 33.9 Å². The van der Waals surface area contributed by atoms with Crippen LogP contribution in [-0.2, 0) is 14.1 Å². The molecule has 37 valence electrons. The second-order valence-corrected chi connectivity index (χ2v) is 1.72. The molecule has 0 aliphatic rings. The Balaban J connectivity index is 3.48. The predicted octanol–water partition coefficient (Wildman–Crippen LogP) is -0.592. The highest BCUT2D eigenvalue weighted by Crippen LogP contribution is 2.33. The van der Waals surface area contributed by atoms with Crippen molar-refractivity contribution < 1.29 is 19.0 Å². The van der Waals surface area contributed by atoms with Crippen LogP contribution in [0.3, 0.4) is 0 Å². The minimum Gasteiger partial charge on any atom is -0.300 e. The average molecular weight is 112 g/mol. The Bertz CT molecular complexity index is 71.6. The van der Waals surface area contributed by atoms with Gasteiger partial charge in [-0.15, -0.1) is 4.89 Å². The molecule has 0 rings (SSSR count). The molecule has 0 aromatic heterocycles. The lowest BCUT2D eigenvalue weighted by molar-refractivity contribution is 0.174. The zero-order chi connectivity index (χ0) is 5.21. The van der Waals surface area contributed by atoms with E-state index in [9.17, 15) is 9.46 Å². The van der Waals surface area contributed by atoms with Gasteiger partial charge in [0.15, 0.2) is 0 Å². The van der Waals surface area contributed by atoms with E-state index in [1.807, 2.05) is 0 Å². The second kappa shape index (κ2) is 1.68. The molecule has 5 nitrogen and oxygen atoms in total. The van der Waals surface area contributed by atoms with Gasteiger partial charge in [0.25, 0.3) is 0 Å². The molecule has 1 radical (unpaired) electrons. The van der Waals surface area contributed by atoms with Crippen LogP contribution in [0.5, 0.6) is 0 Å². The van der Waals surface area contributed by atoms with Crippen LogP contribution in [0.25, 0.3) is 0 Å². The van der Waals surface area contributed by atoms with Crippen molar-refractivity contribution in [1.82, 2.24) is 0 Å². The molecule has 6 heteroatoms. The van der Waals surface area contributed by atoms with Crippen LogP contribution in [0.2, 0.25) is 0 Å². The van der Waals surface area contributed by atoms with Crippen LogP contribution in [0.4, 0.5) is 0 Å². The fourth-order valence-corrected chi connectivity index (χ4v) is 0. The van der Waals surface area contributed by atoms with E-state index >= 15 is 0 Å². The van der Waals surface area contributed by atoms with E-state index in [0.29, 0.717) is 0 Å². The smallest absolute Gasteiger partial charge is 0.300 e. The molecule has 6 heavy (non-hydrogen) atoms. The Morgan fingerprint density at radius 2 is 2.00 bits per heavy atom. The number of nitrogens with two attached hydrogens (primary N) is 1. The maximum atomic E-state index is 9.24. The summed E-state index contributed by atoms with van der Waals surface area (Å²) in [4.78, 5) is 16.7. The quantitative estimate of drug-likeness (QED) is 0.350. The van der Waals surface area contributed by atoms with Crippen LogP contribution in [0.1, 0.15) is 0 Å². The maximum Gasteiger partial charge on any atom is 0.516 e. The van der Waals surface area contributed by atoms with Gasteiger partial charge in [-0.05, 0) is 0 Å². The first kappa shape index (κ1) is 6.07. The molecular weight excluding hydrogens is 109 g/mol. The summed E-state index contributed by atoms with van der Waals surface area (Å²) >= 11 is 0. The van der Waals surface area contributed by atoms with Gasteiger partial charge in [0.05, 0.1) is 0 Å². The van der Waals surface area contributed by atoms with Gasteiger partial charge in [-0.2, -0.15) is 4.62 Å². The van der Waals surface area contributed by atoms with E-state index in [2.05, 4.69) is 10.5 Å². The molecule has 0 aliphatic heterocycles. The summed E-state index contributed by atoms with van der Waals surface area (Å²) in [6.07, 6.45) is 0. The number of rotatable bonds is 1. The Hall–Kier alpha value is 0.0700. The van der Waals surface area contributed by atoms with Crippen LogP contribution in [0, 0.1) is 0 Å². The lowest BCUT2D eigenvalue weighted by Crippen LogP contribution is -1.92. The molecule has 0 aromatic rings. The van der Waals surface area contributed by atoms with Crippen molar-refractivity contribution in [3.8, 4) is 0 Å². The Morgan fingerprint density at radius 1 is 1.83 bits per heavy atom. The second-order valence-electron chi connectivity index (χ2n) is 0.574. The van der Waals surface area contributed by atoms with Crippen molar-refractivity contribution >= 4 is 7.82 Å². The summed E-state index contributed by atoms with van der Waals surface area (Å²) in [5.74, 6) is 3.98. The molecule has 3 N–H and O–H groups in total. The first-order valence-corrected chi connectivity index (χ1v) is 2.48. The summed E-state index contributed by atoms with van der Waals surface area (Å²) in [5.41, 5.74) is 0. The van der Waals surface area contributed by atoms with Crippen LogP contribution < -0.4 is 5.90 Å². The zero-order valence-electron chi connectivity index (χ0n) is 2.70. The van der Waals surface area contributed by atoms with E-state index in [4.69, 9.17) is 4.89 Å². The summed E-state index contributed by atoms with van der Waals surface area (Å²) in [7, 11) is -4.62. The molecule has 0 spiro atoms.